The number of thiocarbonyl (C=S) groups is 1. The summed E-state index contributed by atoms with van der Waals surface area (Å²) in [6.07, 6.45) is 6.26. The number of carbonyl (C=O) groups excluding carboxylic acids is 1. The Balaban J connectivity index is 1.22. The van der Waals surface area contributed by atoms with E-state index >= 15 is 0 Å². The molecule has 3 fully saturated rings. The second-order valence-electron chi connectivity index (χ2n) is 12.6. The van der Waals surface area contributed by atoms with Crippen molar-refractivity contribution in [2.24, 2.45) is 28.2 Å². The number of aliphatic imine (C=N–C) groups is 1. The van der Waals surface area contributed by atoms with Crippen LogP contribution in [0.5, 0.6) is 5.75 Å². The summed E-state index contributed by atoms with van der Waals surface area (Å²) < 4.78 is 19.9. The molecule has 224 valence electrons. The molecule has 43 heavy (non-hydrogen) atoms. The third-order valence-electron chi connectivity index (χ3n) is 9.92. The van der Waals surface area contributed by atoms with Gasteiger partial charge in [-0.05, 0) is 96.6 Å². The number of aromatic nitrogens is 1. The fraction of sp³-hybridized carbons (Fsp3) is 0.412. The molecule has 7 rings (SSSR count). The van der Waals surface area contributed by atoms with Crippen molar-refractivity contribution in [3.05, 3.63) is 83.4 Å². The molecule has 0 unspecified atom stereocenters. The van der Waals surface area contributed by atoms with Crippen LogP contribution < -0.4 is 15.4 Å². The molecular weight excluding hydrogens is 561 g/mol. The summed E-state index contributed by atoms with van der Waals surface area (Å²) in [7, 11) is 1.51. The van der Waals surface area contributed by atoms with Crippen LogP contribution >= 0.6 is 12.2 Å². The number of carbonyl (C=O) groups is 1. The number of hydrogen-bond donors (Lipinski definition) is 2. The molecule has 0 radical (unpaired) electrons. The molecule has 0 saturated heterocycles. The summed E-state index contributed by atoms with van der Waals surface area (Å²) in [6, 6.07) is 14.5. The lowest BCUT2D eigenvalue weighted by molar-refractivity contribution is -0.111. The zero-order valence-corrected chi connectivity index (χ0v) is 25.9. The van der Waals surface area contributed by atoms with Gasteiger partial charge in [-0.25, -0.2) is 9.38 Å². The average Bonchev–Trinajstić information content (AvgIpc) is 3.13. The summed E-state index contributed by atoms with van der Waals surface area (Å²) in [5.41, 5.74) is 3.59. The molecule has 3 aromatic rings. The van der Waals surface area contributed by atoms with E-state index < -0.39 is 0 Å². The standard InChI is InChI=1S/C34H38FN5O2S/c1-20-27-14-23(34(27,2)3)15-29(20)39-33(43)37-24-8-10-26-30(16-24)38-32(22-6-5-12-36-18-22)40(19-31(26)41)13-11-21-7-9-25(42-4)17-28(21)35/h5-10,12,16-18,20,23,27,29H,11,13-15,19H2,1-4H3,(H2,37,39,43)/t20-,23+,27-,29-/m0/s1. The van der Waals surface area contributed by atoms with Gasteiger partial charge in [0, 0.05) is 47.9 Å². The van der Waals surface area contributed by atoms with Crippen molar-refractivity contribution in [3.63, 3.8) is 0 Å². The first kappa shape index (κ1) is 29.2. The van der Waals surface area contributed by atoms with E-state index in [2.05, 4.69) is 36.4 Å². The summed E-state index contributed by atoms with van der Waals surface area (Å²) in [6.45, 7) is 7.63. The Morgan fingerprint density at radius 2 is 2.02 bits per heavy atom. The minimum absolute atomic E-state index is 0.0574. The molecule has 4 atom stereocenters. The highest BCUT2D eigenvalue weighted by Crippen LogP contribution is 2.61. The molecule has 3 saturated carbocycles. The molecule has 2 N–H and O–H groups in total. The van der Waals surface area contributed by atoms with Gasteiger partial charge in [0.2, 0.25) is 0 Å². The molecule has 9 heteroatoms. The minimum Gasteiger partial charge on any atom is -0.497 e. The number of anilines is 1. The molecule has 2 aromatic carbocycles. The van der Waals surface area contributed by atoms with E-state index in [1.165, 1.54) is 19.6 Å². The zero-order valence-electron chi connectivity index (χ0n) is 25.1. The van der Waals surface area contributed by atoms with E-state index in [-0.39, 0.29) is 18.1 Å². The van der Waals surface area contributed by atoms with Crippen molar-refractivity contribution in [1.29, 1.82) is 0 Å². The molecule has 0 amide bonds. The first-order valence-electron chi connectivity index (χ1n) is 14.9. The predicted molar refractivity (Wildman–Crippen MR) is 172 cm³/mol. The maximum atomic E-state index is 14.7. The second-order valence-corrected chi connectivity index (χ2v) is 13.0. The number of halogens is 1. The Morgan fingerprint density at radius 1 is 1.19 bits per heavy atom. The molecule has 3 aliphatic carbocycles. The van der Waals surface area contributed by atoms with Crippen molar-refractivity contribution in [1.82, 2.24) is 15.2 Å². The van der Waals surface area contributed by atoms with Gasteiger partial charge in [0.15, 0.2) is 10.9 Å². The van der Waals surface area contributed by atoms with Gasteiger partial charge in [-0.3, -0.25) is 9.78 Å². The van der Waals surface area contributed by atoms with E-state index in [1.54, 1.807) is 30.6 Å². The summed E-state index contributed by atoms with van der Waals surface area (Å²) in [5, 5.41) is 7.48. The zero-order chi connectivity index (χ0) is 30.3. The molecular formula is C34H38FN5O2S. The monoisotopic (exact) mass is 599 g/mol. The van der Waals surface area contributed by atoms with Crippen LogP contribution in [0.3, 0.4) is 0 Å². The quantitative estimate of drug-likeness (QED) is 0.304. The molecule has 0 spiro atoms. The lowest BCUT2D eigenvalue weighted by Crippen LogP contribution is -2.61. The predicted octanol–water partition coefficient (Wildman–Crippen LogP) is 6.41. The molecule has 1 aliphatic heterocycles. The lowest BCUT2D eigenvalue weighted by Gasteiger charge is -2.62. The Hall–Kier alpha value is -3.85. The summed E-state index contributed by atoms with van der Waals surface area (Å²) >= 11 is 5.73. The smallest absolute Gasteiger partial charge is 0.184 e. The van der Waals surface area contributed by atoms with Crippen LogP contribution in [0, 0.1) is 29.0 Å². The van der Waals surface area contributed by atoms with Crippen molar-refractivity contribution < 1.29 is 13.9 Å². The van der Waals surface area contributed by atoms with Gasteiger partial charge < -0.3 is 20.3 Å². The van der Waals surface area contributed by atoms with Gasteiger partial charge in [0.1, 0.15) is 17.4 Å². The second kappa shape index (κ2) is 11.7. The van der Waals surface area contributed by atoms with Crippen molar-refractivity contribution >= 4 is 40.3 Å². The largest absolute Gasteiger partial charge is 0.497 e. The highest BCUT2D eigenvalue weighted by molar-refractivity contribution is 7.80. The van der Waals surface area contributed by atoms with Crippen LogP contribution in [-0.4, -0.2) is 52.9 Å². The molecule has 4 aliphatic rings. The topological polar surface area (TPSA) is 78.9 Å². The first-order valence-corrected chi connectivity index (χ1v) is 15.4. The summed E-state index contributed by atoms with van der Waals surface area (Å²) in [5.74, 6) is 2.68. The number of fused-ring (bicyclic) bond motifs is 3. The third-order valence-corrected chi connectivity index (χ3v) is 10.1. The van der Waals surface area contributed by atoms with Crippen LogP contribution in [0.4, 0.5) is 15.8 Å². The van der Waals surface area contributed by atoms with Gasteiger partial charge in [0.25, 0.3) is 0 Å². The number of hydrogen-bond acceptors (Lipinski definition) is 6. The van der Waals surface area contributed by atoms with Crippen LogP contribution in [0.15, 0.2) is 65.9 Å². The van der Waals surface area contributed by atoms with E-state index in [4.69, 9.17) is 21.9 Å². The molecule has 7 nitrogen and oxygen atoms in total. The van der Waals surface area contributed by atoms with Crippen LogP contribution in [0.2, 0.25) is 0 Å². The Bertz CT molecular complexity index is 1580. The fourth-order valence-electron chi connectivity index (χ4n) is 7.17. The number of nitrogens with zero attached hydrogens (tertiary/aromatic N) is 3. The van der Waals surface area contributed by atoms with Gasteiger partial charge >= 0.3 is 0 Å². The Kier molecular flexibility index (Phi) is 7.94. The van der Waals surface area contributed by atoms with Crippen LogP contribution in [-0.2, 0) is 6.42 Å². The maximum absolute atomic E-state index is 14.7. The number of Topliss-reactive ketones (excluding diaryl/α,β-unsaturated/α-hetero) is 1. The van der Waals surface area contributed by atoms with E-state index in [0.717, 1.165) is 29.5 Å². The third kappa shape index (κ3) is 5.75. The molecule has 1 aromatic heterocycles. The fourth-order valence-corrected chi connectivity index (χ4v) is 7.44. The van der Waals surface area contributed by atoms with Gasteiger partial charge in [0.05, 0.1) is 19.3 Å². The first-order chi connectivity index (χ1) is 20.6. The van der Waals surface area contributed by atoms with Gasteiger partial charge in [-0.2, -0.15) is 0 Å². The number of nitrogens with one attached hydrogen (secondary N) is 2. The highest BCUT2D eigenvalue weighted by atomic mass is 32.1. The van der Waals surface area contributed by atoms with Gasteiger partial charge in [-0.1, -0.05) is 26.8 Å². The Morgan fingerprint density at radius 3 is 2.72 bits per heavy atom. The van der Waals surface area contributed by atoms with Crippen LogP contribution in [0.1, 0.15) is 55.1 Å². The number of rotatable bonds is 7. The van der Waals surface area contributed by atoms with Crippen LogP contribution in [0.25, 0.3) is 0 Å². The van der Waals surface area contributed by atoms with Gasteiger partial charge in [-0.15, -0.1) is 0 Å². The number of pyridine rings is 1. The average molecular weight is 600 g/mol. The normalized spacial score (nSPS) is 23.8. The minimum atomic E-state index is -0.340. The van der Waals surface area contributed by atoms with E-state index in [1.807, 2.05) is 29.2 Å². The number of benzene rings is 2. The molecule has 2 heterocycles. The molecule has 2 bridgehead atoms. The lowest BCUT2D eigenvalue weighted by atomic mass is 9.45. The number of ether oxygens (including phenoxy) is 1. The van der Waals surface area contributed by atoms with E-state index in [0.29, 0.717) is 63.9 Å². The van der Waals surface area contributed by atoms with E-state index in [9.17, 15) is 9.18 Å². The SMILES string of the molecule is COc1ccc(CCN2CC(=O)c3ccc(NC(=S)N[C@H]4C[C@H]5C[C@@H]([C@@H]4C)C5(C)C)cc3N=C2c2cccnc2)c(F)c1. The number of methoxy groups -OCH3 is 1. The number of amidine groups is 1. The summed E-state index contributed by atoms with van der Waals surface area (Å²) in [4.78, 5) is 24.7. The maximum Gasteiger partial charge on any atom is 0.184 e. The number of ketones is 1. The van der Waals surface area contributed by atoms with Crippen molar-refractivity contribution in [2.75, 3.05) is 25.5 Å². The van der Waals surface area contributed by atoms with Crippen molar-refractivity contribution in [2.45, 2.75) is 46.1 Å². The highest BCUT2D eigenvalue weighted by Gasteiger charge is 2.56. The Labute approximate surface area is 258 Å². The van der Waals surface area contributed by atoms with Crippen molar-refractivity contribution in [3.8, 4) is 5.75 Å².